The van der Waals surface area contributed by atoms with Crippen LogP contribution in [0, 0.1) is 35.2 Å². The molecule has 3 amide bonds. The normalized spacial score (nSPS) is 20.6. The SMILES string of the molecule is C.CC1CC2(C1)C(=O)N(C)c1cnc3cc(F)c(-c4cnc(OCCNC(C)C)c(NS(C)(=O)=O)c4)cc3c12.CC1CC2(C1)C(=O)N(C)c1cnc3cc(F)c(-c4cnc(OCCNC(C)C)c(NS(C)(=O)=O)c4)cc3c12.CC1CC2(C1)C(=O)N(C)c1cnc3cc(F)c(-c4cnc(OCCNC(C)C)c(NS(C)(=O)=O)c4)cc3c12. The van der Waals surface area contributed by atoms with Crippen LogP contribution in [-0.2, 0) is 60.7 Å². The summed E-state index contributed by atoms with van der Waals surface area (Å²) in [6.45, 7) is 20.9. The van der Waals surface area contributed by atoms with Gasteiger partial charge >= 0.3 is 0 Å². The maximum atomic E-state index is 15.4. The molecule has 0 atom stereocenters. The van der Waals surface area contributed by atoms with Crippen LogP contribution in [0.5, 0.6) is 17.6 Å². The molecule has 3 aliphatic carbocycles. The molecule has 9 aromatic rings. The number of nitrogens with one attached hydrogen (secondary N) is 6. The van der Waals surface area contributed by atoms with Crippen molar-refractivity contribution in [3.05, 3.63) is 126 Å². The molecule has 3 fully saturated rings. The van der Waals surface area contributed by atoms with E-state index in [0.29, 0.717) is 86.8 Å². The fourth-order valence-corrected chi connectivity index (χ4v) is 18.8. The predicted octanol–water partition coefficient (Wildman–Crippen LogP) is 12.1. The van der Waals surface area contributed by atoms with E-state index in [1.807, 2.05) is 41.5 Å². The van der Waals surface area contributed by atoms with E-state index < -0.39 is 63.8 Å². The Morgan fingerprint density at radius 2 is 0.652 bits per heavy atom. The number of fused-ring (bicyclic) bond motifs is 12. The fraction of sp³-hybridized carbons (Fsp3) is 0.451. The van der Waals surface area contributed by atoms with E-state index in [2.05, 4.69) is 80.8 Å². The predicted molar refractivity (Wildman–Crippen MR) is 443 cm³/mol. The average molecular weight is 1640 g/mol. The minimum atomic E-state index is -3.66. The van der Waals surface area contributed by atoms with Crippen LogP contribution in [0.4, 0.5) is 47.3 Å². The Labute approximate surface area is 669 Å². The summed E-state index contributed by atoms with van der Waals surface area (Å²) in [5, 5.41) is 11.8. The summed E-state index contributed by atoms with van der Waals surface area (Å²) < 4.78 is 143. The average Bonchev–Trinajstić information content (AvgIpc) is 1.57. The smallest absolute Gasteiger partial charge is 0.238 e. The Bertz CT molecular complexity index is 5160. The highest BCUT2D eigenvalue weighted by Gasteiger charge is 2.60. The second-order valence-electron chi connectivity index (χ2n) is 32.2. The Morgan fingerprint density at radius 3 is 0.870 bits per heavy atom. The first-order valence-corrected chi connectivity index (χ1v) is 43.6. The number of ether oxygens (including phenoxy) is 3. The fourth-order valence-electron chi connectivity index (χ4n) is 17.1. The number of carbonyl (C=O) groups excluding carboxylic acids is 3. The van der Waals surface area contributed by atoms with Crippen LogP contribution in [0.3, 0.4) is 0 Å². The monoisotopic (exact) mass is 1640 g/mol. The van der Waals surface area contributed by atoms with E-state index >= 15 is 13.2 Å². The topological polar surface area (TPSA) is 341 Å². The van der Waals surface area contributed by atoms with Crippen LogP contribution in [0.2, 0.25) is 0 Å². The second-order valence-corrected chi connectivity index (χ2v) is 37.5. The van der Waals surface area contributed by atoms with Crippen LogP contribution < -0.4 is 59.0 Å². The molecule has 0 bridgehead atoms. The second kappa shape index (κ2) is 32.3. The van der Waals surface area contributed by atoms with Crippen LogP contribution in [0.25, 0.3) is 66.1 Å². The van der Waals surface area contributed by atoms with E-state index in [9.17, 15) is 39.6 Å². The molecule has 27 nitrogen and oxygen atoms in total. The number of pyridine rings is 6. The van der Waals surface area contributed by atoms with Crippen molar-refractivity contribution in [1.82, 2.24) is 45.9 Å². The van der Waals surface area contributed by atoms with Gasteiger partial charge in [-0.05, 0) is 92.7 Å². The number of anilines is 6. The molecule has 6 aromatic heterocycles. The molecule has 6 aliphatic rings. The van der Waals surface area contributed by atoms with Gasteiger partial charge in [0.15, 0.2) is 0 Å². The Kier molecular flexibility index (Phi) is 23.7. The molecular formula is C82H100F3N15O12S3. The molecule has 3 aromatic carbocycles. The first-order chi connectivity index (χ1) is 53.7. The number of hydrogen-bond acceptors (Lipinski definition) is 21. The Balaban J connectivity index is 0.000000159. The zero-order chi connectivity index (χ0) is 82.2. The van der Waals surface area contributed by atoms with Gasteiger partial charge in [0.1, 0.15) is 54.3 Å². The number of benzene rings is 3. The van der Waals surface area contributed by atoms with Crippen LogP contribution in [0.1, 0.15) is 125 Å². The van der Waals surface area contributed by atoms with Crippen molar-refractivity contribution in [2.75, 3.05) is 108 Å². The van der Waals surface area contributed by atoms with Gasteiger partial charge in [0.05, 0.1) is 87.2 Å². The van der Waals surface area contributed by atoms with Gasteiger partial charge in [0.2, 0.25) is 65.4 Å². The summed E-state index contributed by atoms with van der Waals surface area (Å²) in [5.74, 6) is 0.0910. The van der Waals surface area contributed by atoms with Crippen molar-refractivity contribution in [2.24, 2.45) is 17.8 Å². The van der Waals surface area contributed by atoms with Gasteiger partial charge in [-0.2, -0.15) is 0 Å². The first kappa shape index (κ1) is 84.5. The van der Waals surface area contributed by atoms with Crippen molar-refractivity contribution >= 4 is 115 Å². The third kappa shape index (κ3) is 16.8. The van der Waals surface area contributed by atoms with Gasteiger partial charge in [-0.25, -0.2) is 53.4 Å². The number of sulfonamides is 3. The minimum absolute atomic E-state index is 0. The quantitative estimate of drug-likeness (QED) is 0.0306. The zero-order valence-electron chi connectivity index (χ0n) is 66.4. The number of amides is 3. The summed E-state index contributed by atoms with van der Waals surface area (Å²) in [4.78, 5) is 71.0. The van der Waals surface area contributed by atoms with Crippen molar-refractivity contribution in [3.63, 3.8) is 0 Å². The number of aromatic nitrogens is 6. The highest BCUT2D eigenvalue weighted by molar-refractivity contribution is 7.92. The number of nitrogens with zero attached hydrogens (tertiary/aromatic N) is 9. The zero-order valence-corrected chi connectivity index (χ0v) is 68.8. The minimum Gasteiger partial charge on any atom is -0.475 e. The van der Waals surface area contributed by atoms with Crippen molar-refractivity contribution in [3.8, 4) is 51.0 Å². The lowest BCUT2D eigenvalue weighted by molar-refractivity contribution is -0.128. The molecule has 3 aliphatic heterocycles. The lowest BCUT2D eigenvalue weighted by Crippen LogP contribution is -2.48. The standard InChI is InChI=1S/3C27H32FN5O4S.CH4/c3*1-15(2)29-6-7-37-25-22(32-38(5,35)36)8-17(13-31-25)18-9-19-21(10-20(18)28)30-14-23-24(19)27(11-16(3)12-27)26(34)33(23)4;/h3*8-10,13-16,29,32H,6-7,11-12H2,1-5H3;1H4. The van der Waals surface area contributed by atoms with Crippen LogP contribution in [-0.4, -0.2) is 170 Å². The number of hydrogen-bond donors (Lipinski definition) is 6. The van der Waals surface area contributed by atoms with Crippen LogP contribution in [0.15, 0.2) is 91.8 Å². The van der Waals surface area contributed by atoms with Gasteiger partial charge in [0, 0.05) is 162 Å². The number of halogens is 3. The molecular weight excluding hydrogens is 1540 g/mol. The van der Waals surface area contributed by atoms with Crippen LogP contribution >= 0.6 is 0 Å². The maximum absolute atomic E-state index is 15.4. The van der Waals surface area contributed by atoms with E-state index in [4.69, 9.17) is 14.2 Å². The number of carbonyl (C=O) groups is 3. The van der Waals surface area contributed by atoms with Gasteiger partial charge in [0.25, 0.3) is 0 Å². The summed E-state index contributed by atoms with van der Waals surface area (Å²) in [5.41, 5.74) is 6.54. The molecule has 9 heterocycles. The number of likely N-dealkylation sites (N-methyl/N-ethyl adjacent to an activating group) is 3. The van der Waals surface area contributed by atoms with E-state index in [-0.39, 0.29) is 114 Å². The first-order valence-electron chi connectivity index (χ1n) is 37.9. The molecule has 3 spiro atoms. The molecule has 33 heteroatoms. The summed E-state index contributed by atoms with van der Waals surface area (Å²) >= 11 is 0. The van der Waals surface area contributed by atoms with Crippen molar-refractivity contribution in [2.45, 2.75) is 143 Å². The van der Waals surface area contributed by atoms with Crippen molar-refractivity contribution < 1.29 is 67.0 Å². The molecule has 0 unspecified atom stereocenters. The summed E-state index contributed by atoms with van der Waals surface area (Å²) in [7, 11) is -5.72. The molecule has 3 saturated carbocycles. The van der Waals surface area contributed by atoms with E-state index in [0.717, 1.165) is 91.0 Å². The lowest BCUT2D eigenvalue weighted by Gasteiger charge is -2.42. The molecule has 115 heavy (non-hydrogen) atoms. The Hall–Kier alpha value is -9.93. The molecule has 6 N–H and O–H groups in total. The summed E-state index contributed by atoms with van der Waals surface area (Å²) in [6.07, 6.45) is 16.8. The largest absolute Gasteiger partial charge is 0.475 e. The molecule has 15 rings (SSSR count). The van der Waals surface area contributed by atoms with Gasteiger partial charge < -0.3 is 44.9 Å². The molecule has 0 saturated heterocycles. The Morgan fingerprint density at radius 1 is 0.409 bits per heavy atom. The molecule has 614 valence electrons. The van der Waals surface area contributed by atoms with E-state index in [1.54, 1.807) is 72.6 Å². The number of rotatable bonds is 24. The van der Waals surface area contributed by atoms with E-state index in [1.165, 1.54) is 55.0 Å². The third-order valence-electron chi connectivity index (χ3n) is 21.7. The lowest BCUT2D eigenvalue weighted by atomic mass is 9.59. The highest BCUT2D eigenvalue weighted by atomic mass is 32.2. The van der Waals surface area contributed by atoms with Gasteiger partial charge in [-0.1, -0.05) is 69.7 Å². The maximum Gasteiger partial charge on any atom is 0.238 e. The third-order valence-corrected chi connectivity index (χ3v) is 23.5. The highest BCUT2D eigenvalue weighted by Crippen LogP contribution is 2.61. The van der Waals surface area contributed by atoms with Gasteiger partial charge in [-0.3, -0.25) is 43.5 Å². The summed E-state index contributed by atoms with van der Waals surface area (Å²) in [6, 6.07) is 14.5. The molecule has 0 radical (unpaired) electrons. The van der Waals surface area contributed by atoms with Crippen molar-refractivity contribution in [1.29, 1.82) is 0 Å². The van der Waals surface area contributed by atoms with Gasteiger partial charge in [-0.15, -0.1) is 0 Å².